The second kappa shape index (κ2) is 7.59. The molecule has 0 spiro atoms. The molecule has 1 aliphatic rings. The van der Waals surface area contributed by atoms with Crippen molar-refractivity contribution in [3.8, 4) is 11.4 Å². The molecule has 1 aliphatic carbocycles. The fourth-order valence-electron chi connectivity index (χ4n) is 4.00. The minimum absolute atomic E-state index is 0.251. The third-order valence-electron chi connectivity index (χ3n) is 5.41. The van der Waals surface area contributed by atoms with Crippen LogP contribution in [-0.4, -0.2) is 25.5 Å². The van der Waals surface area contributed by atoms with Crippen LogP contribution in [0.15, 0.2) is 67.0 Å². The Balaban J connectivity index is 1.42. The minimum Gasteiger partial charge on any atom is -0.346 e. The summed E-state index contributed by atoms with van der Waals surface area (Å²) in [7, 11) is 0. The monoisotopic (exact) mass is 401 g/mol. The molecule has 7 heteroatoms. The first-order valence-electron chi connectivity index (χ1n) is 9.94. The smallest absolute Gasteiger partial charge is 0.272 e. The number of nitrogens with zero attached hydrogens (tertiary/aromatic N) is 4. The van der Waals surface area contributed by atoms with Gasteiger partial charge < -0.3 is 5.32 Å². The summed E-state index contributed by atoms with van der Waals surface area (Å²) in [5.74, 6) is -0.603. The summed E-state index contributed by atoms with van der Waals surface area (Å²) in [5, 5.41) is 11.7. The van der Waals surface area contributed by atoms with E-state index < -0.39 is 0 Å². The van der Waals surface area contributed by atoms with Gasteiger partial charge in [-0.15, -0.1) is 0 Å². The molecule has 0 atom stereocenters. The molecule has 2 aromatic carbocycles. The lowest BCUT2D eigenvalue weighted by Crippen LogP contribution is -2.25. The van der Waals surface area contributed by atoms with Crippen LogP contribution < -0.4 is 5.32 Å². The van der Waals surface area contributed by atoms with Crippen molar-refractivity contribution < 1.29 is 9.18 Å². The largest absolute Gasteiger partial charge is 0.346 e. The Morgan fingerprint density at radius 3 is 2.63 bits per heavy atom. The zero-order chi connectivity index (χ0) is 20.5. The van der Waals surface area contributed by atoms with E-state index in [1.54, 1.807) is 33.8 Å². The van der Waals surface area contributed by atoms with Gasteiger partial charge in [0.15, 0.2) is 5.69 Å². The van der Waals surface area contributed by atoms with Crippen molar-refractivity contribution in [1.82, 2.24) is 24.9 Å². The number of aromatic nitrogens is 4. The molecule has 0 bridgehead atoms. The number of amides is 1. The fraction of sp³-hybridized carbons (Fsp3) is 0.174. The third kappa shape index (κ3) is 3.18. The molecular formula is C23H20FN5O. The van der Waals surface area contributed by atoms with Crippen molar-refractivity contribution in [3.05, 3.63) is 95.3 Å². The van der Waals surface area contributed by atoms with Gasteiger partial charge in [0.1, 0.15) is 11.5 Å². The Labute approximate surface area is 173 Å². The number of fused-ring (bicyclic) bond motifs is 1. The SMILES string of the molecule is O=C(NCc1ccccc1-n1cccn1)c1nn(-c2ccccc2F)c2c1CCC2. The average molecular weight is 401 g/mol. The lowest BCUT2D eigenvalue weighted by Gasteiger charge is -2.10. The van der Waals surface area contributed by atoms with E-state index >= 15 is 0 Å². The van der Waals surface area contributed by atoms with Crippen LogP contribution in [0.4, 0.5) is 4.39 Å². The highest BCUT2D eigenvalue weighted by Crippen LogP contribution is 2.28. The summed E-state index contributed by atoms with van der Waals surface area (Å²) < 4.78 is 17.7. The lowest BCUT2D eigenvalue weighted by atomic mass is 10.1. The molecule has 0 saturated heterocycles. The van der Waals surface area contributed by atoms with Gasteiger partial charge in [0.25, 0.3) is 5.91 Å². The molecule has 2 aromatic heterocycles. The van der Waals surface area contributed by atoms with Crippen molar-refractivity contribution in [2.24, 2.45) is 0 Å². The number of hydrogen-bond acceptors (Lipinski definition) is 3. The molecule has 5 rings (SSSR count). The van der Waals surface area contributed by atoms with Crippen LogP contribution in [0.5, 0.6) is 0 Å². The maximum atomic E-state index is 14.3. The highest BCUT2D eigenvalue weighted by atomic mass is 19.1. The summed E-state index contributed by atoms with van der Waals surface area (Å²) >= 11 is 0. The van der Waals surface area contributed by atoms with Gasteiger partial charge in [0, 0.05) is 30.2 Å². The zero-order valence-electron chi connectivity index (χ0n) is 16.3. The topological polar surface area (TPSA) is 64.7 Å². The molecule has 0 unspecified atom stereocenters. The Morgan fingerprint density at radius 2 is 1.83 bits per heavy atom. The summed E-state index contributed by atoms with van der Waals surface area (Å²) in [6, 6.07) is 16.1. The van der Waals surface area contributed by atoms with Crippen molar-refractivity contribution >= 4 is 5.91 Å². The molecule has 1 N–H and O–H groups in total. The maximum absolute atomic E-state index is 14.3. The van der Waals surface area contributed by atoms with Crippen LogP contribution in [0.1, 0.15) is 33.7 Å². The molecule has 4 aromatic rings. The highest BCUT2D eigenvalue weighted by Gasteiger charge is 2.27. The number of benzene rings is 2. The van der Waals surface area contributed by atoms with Crippen molar-refractivity contribution in [3.63, 3.8) is 0 Å². The number of carbonyl (C=O) groups excluding carboxylic acids is 1. The Bertz CT molecular complexity index is 1210. The van der Waals surface area contributed by atoms with Crippen LogP contribution in [0, 0.1) is 5.82 Å². The third-order valence-corrected chi connectivity index (χ3v) is 5.41. The number of para-hydroxylation sites is 2. The predicted molar refractivity (Wildman–Crippen MR) is 110 cm³/mol. The van der Waals surface area contributed by atoms with Gasteiger partial charge in [-0.1, -0.05) is 30.3 Å². The lowest BCUT2D eigenvalue weighted by molar-refractivity contribution is 0.0944. The van der Waals surface area contributed by atoms with Crippen molar-refractivity contribution in [1.29, 1.82) is 0 Å². The van der Waals surface area contributed by atoms with Crippen molar-refractivity contribution in [2.45, 2.75) is 25.8 Å². The van der Waals surface area contributed by atoms with E-state index in [0.29, 0.717) is 17.9 Å². The van der Waals surface area contributed by atoms with E-state index in [-0.39, 0.29) is 11.7 Å². The van der Waals surface area contributed by atoms with Gasteiger partial charge in [-0.25, -0.2) is 13.8 Å². The molecule has 0 radical (unpaired) electrons. The highest BCUT2D eigenvalue weighted by molar-refractivity contribution is 5.94. The van der Waals surface area contributed by atoms with Gasteiger partial charge in [-0.2, -0.15) is 10.2 Å². The molecular weight excluding hydrogens is 381 g/mol. The van der Waals surface area contributed by atoms with Crippen LogP contribution in [0.25, 0.3) is 11.4 Å². The van der Waals surface area contributed by atoms with Gasteiger partial charge in [-0.05, 0) is 49.1 Å². The molecule has 0 saturated carbocycles. The normalized spacial score (nSPS) is 12.7. The second-order valence-electron chi connectivity index (χ2n) is 7.25. The molecule has 1 amide bonds. The standard InChI is InChI=1S/C23H20FN5O/c24-18-9-2-4-11-21(18)29-20-12-5-8-17(20)22(27-29)23(30)25-15-16-7-1-3-10-19(16)28-14-6-13-26-28/h1-4,6-7,9-11,13-14H,5,8,12,15H2,(H,25,30). The Morgan fingerprint density at radius 1 is 1.03 bits per heavy atom. The van der Waals surface area contributed by atoms with Crippen molar-refractivity contribution in [2.75, 3.05) is 0 Å². The Hall–Kier alpha value is -3.74. The summed E-state index contributed by atoms with van der Waals surface area (Å²) in [5.41, 5.74) is 4.43. The number of halogens is 1. The van der Waals surface area contributed by atoms with Crippen LogP contribution in [0.2, 0.25) is 0 Å². The quantitative estimate of drug-likeness (QED) is 0.556. The van der Waals surface area contributed by atoms with Gasteiger partial charge in [-0.3, -0.25) is 4.79 Å². The van der Waals surface area contributed by atoms with E-state index in [9.17, 15) is 9.18 Å². The van der Waals surface area contributed by atoms with Crippen LogP contribution in [0.3, 0.4) is 0 Å². The molecule has 150 valence electrons. The first-order valence-corrected chi connectivity index (χ1v) is 9.94. The second-order valence-corrected chi connectivity index (χ2v) is 7.25. The van der Waals surface area contributed by atoms with E-state index in [0.717, 1.165) is 41.8 Å². The molecule has 2 heterocycles. The summed E-state index contributed by atoms with van der Waals surface area (Å²) in [6.07, 6.45) is 6.07. The maximum Gasteiger partial charge on any atom is 0.272 e. The van der Waals surface area contributed by atoms with E-state index in [4.69, 9.17) is 0 Å². The number of hydrogen-bond donors (Lipinski definition) is 1. The predicted octanol–water partition coefficient (Wildman–Crippen LogP) is 3.62. The summed E-state index contributed by atoms with van der Waals surface area (Å²) in [6.45, 7) is 0.343. The molecule has 0 fully saturated rings. The van der Waals surface area contributed by atoms with Gasteiger partial charge in [0.2, 0.25) is 0 Å². The average Bonchev–Trinajstić information content (AvgIpc) is 3.51. The minimum atomic E-state index is -0.352. The van der Waals surface area contributed by atoms with E-state index in [1.807, 2.05) is 36.5 Å². The van der Waals surface area contributed by atoms with E-state index in [2.05, 4.69) is 15.5 Å². The Kier molecular flexibility index (Phi) is 4.63. The van der Waals surface area contributed by atoms with Gasteiger partial charge >= 0.3 is 0 Å². The first-order chi connectivity index (χ1) is 14.7. The zero-order valence-corrected chi connectivity index (χ0v) is 16.3. The number of nitrogens with one attached hydrogen (secondary N) is 1. The molecule has 6 nitrogen and oxygen atoms in total. The van der Waals surface area contributed by atoms with Crippen LogP contribution >= 0.6 is 0 Å². The molecule has 0 aliphatic heterocycles. The number of carbonyl (C=O) groups is 1. The molecule has 30 heavy (non-hydrogen) atoms. The first kappa shape index (κ1) is 18.3. The van der Waals surface area contributed by atoms with Crippen LogP contribution in [-0.2, 0) is 19.4 Å². The fourth-order valence-corrected chi connectivity index (χ4v) is 4.00. The summed E-state index contributed by atoms with van der Waals surface area (Å²) in [4.78, 5) is 13.0. The van der Waals surface area contributed by atoms with E-state index in [1.165, 1.54) is 6.07 Å². The number of rotatable bonds is 5. The van der Waals surface area contributed by atoms with Gasteiger partial charge in [0.05, 0.1) is 5.69 Å².